The van der Waals surface area contributed by atoms with E-state index in [2.05, 4.69) is 24.9 Å². The van der Waals surface area contributed by atoms with Crippen LogP contribution in [0.25, 0.3) is 22.7 Å². The number of hydrogen-bond donors (Lipinski definition) is 1. The molecule has 0 aliphatic carbocycles. The highest BCUT2D eigenvalue weighted by Crippen LogP contribution is 2.15. The summed E-state index contributed by atoms with van der Waals surface area (Å²) >= 11 is 0. The predicted octanol–water partition coefficient (Wildman–Crippen LogP) is 1.41. The van der Waals surface area contributed by atoms with Crippen molar-refractivity contribution in [1.29, 1.82) is 0 Å². The van der Waals surface area contributed by atoms with Gasteiger partial charge in [-0.2, -0.15) is 0 Å². The Morgan fingerprint density at radius 1 is 1.07 bits per heavy atom. The molecule has 3 aromatic rings. The average Bonchev–Trinajstić information content (AvgIpc) is 2.74. The quantitative estimate of drug-likeness (QED) is 0.640. The van der Waals surface area contributed by atoms with Gasteiger partial charge in [0.2, 0.25) is 0 Å². The number of nitrogens with one attached hydrogen (secondary N) is 1. The second kappa shape index (κ2) is 3.13. The highest BCUT2D eigenvalue weighted by atomic mass is 15.0. The molecule has 3 aromatic heterocycles. The fourth-order valence-electron chi connectivity index (χ4n) is 1.39. The number of rotatable bonds is 1. The lowest BCUT2D eigenvalue weighted by Crippen LogP contribution is -1.85. The minimum Gasteiger partial charge on any atom is -0.335 e. The molecule has 0 aliphatic rings. The first kappa shape index (κ1) is 8.05. The third kappa shape index (κ3) is 1.34. The van der Waals surface area contributed by atoms with E-state index in [4.69, 9.17) is 0 Å². The standard InChI is InChI=1S/C10H7N5/c1-2-7-9(13-3-1)15-10(14-7)8-6-11-4-5-12-8/h1-6H,(H,13,14,15). The molecule has 0 amide bonds. The molecule has 1 N–H and O–H groups in total. The lowest BCUT2D eigenvalue weighted by atomic mass is 10.4. The van der Waals surface area contributed by atoms with E-state index in [0.717, 1.165) is 11.2 Å². The van der Waals surface area contributed by atoms with Gasteiger partial charge in [0.1, 0.15) is 5.69 Å². The third-order valence-electron chi connectivity index (χ3n) is 2.06. The zero-order valence-electron chi connectivity index (χ0n) is 7.75. The van der Waals surface area contributed by atoms with E-state index in [-0.39, 0.29) is 0 Å². The zero-order valence-corrected chi connectivity index (χ0v) is 7.75. The summed E-state index contributed by atoms with van der Waals surface area (Å²) in [4.78, 5) is 19.7. The van der Waals surface area contributed by atoms with Gasteiger partial charge in [-0.3, -0.25) is 4.98 Å². The number of aromatic nitrogens is 5. The van der Waals surface area contributed by atoms with Crippen molar-refractivity contribution in [2.24, 2.45) is 0 Å². The molecule has 3 heterocycles. The maximum absolute atomic E-state index is 4.31. The second-order valence-corrected chi connectivity index (χ2v) is 3.05. The number of imidazole rings is 1. The Labute approximate surface area is 85.3 Å². The maximum Gasteiger partial charge on any atom is 0.178 e. The molecule has 0 radical (unpaired) electrons. The van der Waals surface area contributed by atoms with E-state index >= 15 is 0 Å². The van der Waals surface area contributed by atoms with Crippen molar-refractivity contribution in [2.45, 2.75) is 0 Å². The Morgan fingerprint density at radius 2 is 2.07 bits per heavy atom. The molecule has 0 spiro atoms. The Balaban J connectivity index is 2.21. The van der Waals surface area contributed by atoms with Crippen LogP contribution in [0, 0.1) is 0 Å². The highest BCUT2D eigenvalue weighted by Gasteiger charge is 2.05. The fraction of sp³-hybridized carbons (Fsp3) is 0. The first-order valence-electron chi connectivity index (χ1n) is 4.50. The molecule has 0 unspecified atom stereocenters. The van der Waals surface area contributed by atoms with Crippen LogP contribution in [-0.4, -0.2) is 24.9 Å². The van der Waals surface area contributed by atoms with Crippen molar-refractivity contribution >= 4 is 11.2 Å². The van der Waals surface area contributed by atoms with Gasteiger partial charge in [0.15, 0.2) is 11.5 Å². The van der Waals surface area contributed by atoms with Crippen molar-refractivity contribution in [3.8, 4) is 11.5 Å². The van der Waals surface area contributed by atoms with Crippen LogP contribution in [-0.2, 0) is 0 Å². The first-order chi connectivity index (χ1) is 7.43. The normalized spacial score (nSPS) is 10.7. The van der Waals surface area contributed by atoms with Crippen molar-refractivity contribution in [2.75, 3.05) is 0 Å². The topological polar surface area (TPSA) is 67.3 Å². The van der Waals surface area contributed by atoms with Gasteiger partial charge in [-0.1, -0.05) is 0 Å². The summed E-state index contributed by atoms with van der Waals surface area (Å²) in [7, 11) is 0. The zero-order chi connectivity index (χ0) is 10.1. The lowest BCUT2D eigenvalue weighted by Gasteiger charge is -1.91. The minimum atomic E-state index is 0.691. The molecule has 0 bridgehead atoms. The molecular weight excluding hydrogens is 190 g/mol. The smallest absolute Gasteiger partial charge is 0.178 e. The van der Waals surface area contributed by atoms with Gasteiger partial charge in [0.25, 0.3) is 0 Å². The van der Waals surface area contributed by atoms with Crippen molar-refractivity contribution in [3.63, 3.8) is 0 Å². The molecule has 0 fully saturated rings. The summed E-state index contributed by atoms with van der Waals surface area (Å²) in [5, 5.41) is 0. The fourth-order valence-corrected chi connectivity index (χ4v) is 1.39. The van der Waals surface area contributed by atoms with E-state index in [0.29, 0.717) is 11.5 Å². The molecule has 15 heavy (non-hydrogen) atoms. The van der Waals surface area contributed by atoms with E-state index in [1.165, 1.54) is 0 Å². The Bertz CT molecular complexity index is 554. The van der Waals surface area contributed by atoms with Crippen LogP contribution in [0.2, 0.25) is 0 Å². The van der Waals surface area contributed by atoms with E-state index < -0.39 is 0 Å². The first-order valence-corrected chi connectivity index (χ1v) is 4.50. The van der Waals surface area contributed by atoms with Gasteiger partial charge in [-0.25, -0.2) is 15.0 Å². The van der Waals surface area contributed by atoms with Gasteiger partial charge >= 0.3 is 0 Å². The largest absolute Gasteiger partial charge is 0.335 e. The van der Waals surface area contributed by atoms with Crippen molar-refractivity contribution in [3.05, 3.63) is 36.9 Å². The summed E-state index contributed by atoms with van der Waals surface area (Å²) < 4.78 is 0. The number of fused-ring (bicyclic) bond motifs is 1. The monoisotopic (exact) mass is 197 g/mol. The molecule has 5 heteroatoms. The van der Waals surface area contributed by atoms with Crippen molar-refractivity contribution in [1.82, 2.24) is 24.9 Å². The molecule has 3 rings (SSSR count). The van der Waals surface area contributed by atoms with Gasteiger partial charge in [0.05, 0.1) is 11.7 Å². The summed E-state index contributed by atoms with van der Waals surface area (Å²) in [6, 6.07) is 3.79. The van der Waals surface area contributed by atoms with Crippen LogP contribution in [0.1, 0.15) is 0 Å². The molecule has 5 nitrogen and oxygen atoms in total. The van der Waals surface area contributed by atoms with Crippen LogP contribution < -0.4 is 0 Å². The molecular formula is C10H7N5. The van der Waals surface area contributed by atoms with Gasteiger partial charge in [-0.15, -0.1) is 0 Å². The molecule has 0 saturated carbocycles. The van der Waals surface area contributed by atoms with Crippen LogP contribution in [0.4, 0.5) is 0 Å². The Hall–Kier alpha value is -2.30. The lowest BCUT2D eigenvalue weighted by molar-refractivity contribution is 1.16. The number of H-pyrrole nitrogens is 1. The number of nitrogens with zero attached hydrogens (tertiary/aromatic N) is 4. The van der Waals surface area contributed by atoms with Gasteiger partial charge in [-0.05, 0) is 12.1 Å². The summed E-state index contributed by atoms with van der Waals surface area (Å²) in [5.74, 6) is 0.691. The van der Waals surface area contributed by atoms with E-state index in [9.17, 15) is 0 Å². The summed E-state index contributed by atoms with van der Waals surface area (Å²) in [6.07, 6.45) is 6.64. The Kier molecular flexibility index (Phi) is 1.68. The average molecular weight is 197 g/mol. The second-order valence-electron chi connectivity index (χ2n) is 3.05. The van der Waals surface area contributed by atoms with Crippen LogP contribution in [0.15, 0.2) is 36.9 Å². The number of hydrogen-bond acceptors (Lipinski definition) is 4. The summed E-state index contributed by atoms with van der Waals surface area (Å²) in [5.41, 5.74) is 2.31. The molecule has 72 valence electrons. The highest BCUT2D eigenvalue weighted by molar-refractivity contribution is 5.74. The SMILES string of the molecule is c1cnc2nc(-c3cnccn3)[nH]c2c1. The molecule has 0 atom stereocenters. The van der Waals surface area contributed by atoms with Gasteiger partial charge < -0.3 is 4.98 Å². The Morgan fingerprint density at radius 3 is 2.87 bits per heavy atom. The van der Waals surface area contributed by atoms with Gasteiger partial charge in [0, 0.05) is 18.6 Å². The number of pyridine rings is 1. The van der Waals surface area contributed by atoms with Crippen molar-refractivity contribution < 1.29 is 0 Å². The third-order valence-corrected chi connectivity index (χ3v) is 2.06. The predicted molar refractivity (Wildman–Crippen MR) is 54.9 cm³/mol. The molecule has 0 aliphatic heterocycles. The number of aromatic amines is 1. The molecule has 0 aromatic carbocycles. The van der Waals surface area contributed by atoms with Crippen LogP contribution in [0.3, 0.4) is 0 Å². The molecule has 0 saturated heterocycles. The van der Waals surface area contributed by atoms with E-state index in [1.807, 2.05) is 12.1 Å². The van der Waals surface area contributed by atoms with E-state index in [1.54, 1.807) is 24.8 Å². The maximum atomic E-state index is 4.31. The van der Waals surface area contributed by atoms with Crippen LogP contribution in [0.5, 0.6) is 0 Å². The minimum absolute atomic E-state index is 0.691. The summed E-state index contributed by atoms with van der Waals surface area (Å²) in [6.45, 7) is 0. The van der Waals surface area contributed by atoms with Crippen LogP contribution >= 0.6 is 0 Å².